The molecule has 9 heteroatoms. The van der Waals surface area contributed by atoms with Crippen LogP contribution in [0.3, 0.4) is 0 Å². The minimum atomic E-state index is -0.352. The van der Waals surface area contributed by atoms with Crippen molar-refractivity contribution in [2.45, 2.75) is 6.42 Å². The summed E-state index contributed by atoms with van der Waals surface area (Å²) in [6.07, 6.45) is 1.56. The van der Waals surface area contributed by atoms with E-state index in [0.717, 1.165) is 5.56 Å². The number of hydrogen-bond donors (Lipinski definition) is 2. The molecule has 9 nitrogen and oxygen atoms in total. The van der Waals surface area contributed by atoms with Crippen molar-refractivity contribution >= 4 is 17.5 Å². The molecule has 0 saturated heterocycles. The van der Waals surface area contributed by atoms with Crippen LogP contribution in [0.4, 0.5) is 5.69 Å². The summed E-state index contributed by atoms with van der Waals surface area (Å²) in [4.78, 5) is 23.7. The maximum atomic E-state index is 12.0. The molecule has 2 N–H and O–H groups in total. The van der Waals surface area contributed by atoms with Crippen LogP contribution in [0.15, 0.2) is 47.1 Å². The molecule has 3 rings (SSSR count). The van der Waals surface area contributed by atoms with Crippen molar-refractivity contribution in [3.05, 3.63) is 48.4 Å². The average molecular weight is 340 g/mol. The predicted molar refractivity (Wildman–Crippen MR) is 88.5 cm³/mol. The summed E-state index contributed by atoms with van der Waals surface area (Å²) in [6, 6.07) is 10.4. The third-order valence-electron chi connectivity index (χ3n) is 3.41. The summed E-state index contributed by atoms with van der Waals surface area (Å²) in [6.45, 7) is 0.207. The van der Waals surface area contributed by atoms with Crippen molar-refractivity contribution in [2.24, 2.45) is 7.05 Å². The third-order valence-corrected chi connectivity index (χ3v) is 3.41. The number of hydrogen-bond acceptors (Lipinski definition) is 6. The molecule has 0 aliphatic rings. The van der Waals surface area contributed by atoms with Crippen LogP contribution >= 0.6 is 0 Å². The number of amides is 2. The van der Waals surface area contributed by atoms with E-state index in [9.17, 15) is 9.59 Å². The summed E-state index contributed by atoms with van der Waals surface area (Å²) in [5, 5.41) is 16.7. The number of carbonyl (C=O) groups excluding carboxylic acids is 2. The van der Waals surface area contributed by atoms with Gasteiger partial charge in [-0.15, -0.1) is 5.10 Å². The number of nitrogens with one attached hydrogen (secondary N) is 2. The van der Waals surface area contributed by atoms with Crippen LogP contribution in [-0.4, -0.2) is 38.6 Å². The van der Waals surface area contributed by atoms with Crippen molar-refractivity contribution in [1.82, 2.24) is 25.5 Å². The van der Waals surface area contributed by atoms with E-state index in [0.29, 0.717) is 11.5 Å². The van der Waals surface area contributed by atoms with Gasteiger partial charge >= 0.3 is 0 Å². The van der Waals surface area contributed by atoms with Gasteiger partial charge in [0, 0.05) is 31.3 Å². The van der Waals surface area contributed by atoms with Crippen LogP contribution in [-0.2, 0) is 11.8 Å². The van der Waals surface area contributed by atoms with Crippen molar-refractivity contribution < 1.29 is 14.0 Å². The molecule has 0 aliphatic heterocycles. The monoisotopic (exact) mass is 340 g/mol. The Hall–Kier alpha value is -3.49. The summed E-state index contributed by atoms with van der Waals surface area (Å²) < 4.78 is 6.52. The molecule has 0 aliphatic carbocycles. The van der Waals surface area contributed by atoms with Gasteiger partial charge in [-0.3, -0.25) is 9.59 Å². The Morgan fingerprint density at radius 2 is 2.12 bits per heavy atom. The zero-order valence-corrected chi connectivity index (χ0v) is 13.5. The van der Waals surface area contributed by atoms with E-state index in [4.69, 9.17) is 4.42 Å². The van der Waals surface area contributed by atoms with E-state index in [1.165, 1.54) is 6.26 Å². The highest BCUT2D eigenvalue weighted by molar-refractivity contribution is 5.93. The maximum Gasteiger partial charge on any atom is 0.286 e. The number of anilines is 1. The number of carbonyl (C=O) groups is 2. The summed E-state index contributed by atoms with van der Waals surface area (Å²) in [5.74, 6) is 0.245. The first-order valence-corrected chi connectivity index (χ1v) is 7.58. The van der Waals surface area contributed by atoms with Gasteiger partial charge in [-0.1, -0.05) is 12.1 Å². The average Bonchev–Trinajstić information content (AvgIpc) is 3.26. The SMILES string of the molecule is Cn1nnnc1-c1cccc(NC(=O)CCNC(=O)c2ccco2)c1. The normalized spacial score (nSPS) is 10.4. The molecule has 0 saturated carbocycles. The minimum Gasteiger partial charge on any atom is -0.459 e. The lowest BCUT2D eigenvalue weighted by atomic mass is 10.2. The van der Waals surface area contributed by atoms with E-state index >= 15 is 0 Å². The second-order valence-corrected chi connectivity index (χ2v) is 5.24. The molecule has 1 aromatic carbocycles. The molecule has 128 valence electrons. The Morgan fingerprint density at radius 3 is 2.84 bits per heavy atom. The van der Waals surface area contributed by atoms with Gasteiger partial charge in [-0.05, 0) is 34.7 Å². The number of aromatic nitrogens is 4. The molecule has 25 heavy (non-hydrogen) atoms. The molecule has 0 bridgehead atoms. The highest BCUT2D eigenvalue weighted by Crippen LogP contribution is 2.19. The Labute approximate surface area is 143 Å². The smallest absolute Gasteiger partial charge is 0.286 e. The van der Waals surface area contributed by atoms with Gasteiger partial charge in [0.05, 0.1) is 6.26 Å². The Morgan fingerprint density at radius 1 is 1.24 bits per heavy atom. The van der Waals surface area contributed by atoms with Gasteiger partial charge in [-0.25, -0.2) is 4.68 Å². The Kier molecular flexibility index (Phi) is 4.84. The molecular formula is C16H16N6O3. The van der Waals surface area contributed by atoms with Crippen molar-refractivity contribution in [3.8, 4) is 11.4 Å². The number of benzene rings is 1. The fraction of sp³-hybridized carbons (Fsp3) is 0.188. The lowest BCUT2D eigenvalue weighted by molar-refractivity contribution is -0.116. The highest BCUT2D eigenvalue weighted by atomic mass is 16.3. The van der Waals surface area contributed by atoms with E-state index in [2.05, 4.69) is 26.2 Å². The van der Waals surface area contributed by atoms with E-state index in [1.54, 1.807) is 42.1 Å². The zero-order chi connectivity index (χ0) is 17.6. The number of furan rings is 1. The summed E-state index contributed by atoms with van der Waals surface area (Å²) in [7, 11) is 1.74. The van der Waals surface area contributed by atoms with Crippen molar-refractivity contribution in [3.63, 3.8) is 0 Å². The lowest BCUT2D eigenvalue weighted by Gasteiger charge is -2.07. The van der Waals surface area contributed by atoms with Crippen molar-refractivity contribution in [1.29, 1.82) is 0 Å². The Balaban J connectivity index is 1.53. The standard InChI is InChI=1S/C16H16N6O3/c1-22-15(19-20-21-22)11-4-2-5-12(10-11)18-14(23)7-8-17-16(24)13-6-3-9-25-13/h2-6,9-10H,7-8H2,1H3,(H,17,24)(H,18,23). The summed E-state index contributed by atoms with van der Waals surface area (Å²) in [5.41, 5.74) is 1.42. The first-order chi connectivity index (χ1) is 12.1. The molecule has 2 heterocycles. The molecule has 0 fully saturated rings. The van der Waals surface area contributed by atoms with Gasteiger partial charge in [0.15, 0.2) is 11.6 Å². The van der Waals surface area contributed by atoms with Gasteiger partial charge in [-0.2, -0.15) is 0 Å². The van der Waals surface area contributed by atoms with Gasteiger partial charge in [0.1, 0.15) is 0 Å². The molecule has 0 unspecified atom stereocenters. The van der Waals surface area contributed by atoms with Gasteiger partial charge < -0.3 is 15.1 Å². The number of rotatable bonds is 6. The molecule has 3 aromatic rings. The molecule has 0 atom stereocenters. The summed E-state index contributed by atoms with van der Waals surface area (Å²) >= 11 is 0. The first kappa shape index (κ1) is 16.4. The fourth-order valence-electron chi connectivity index (χ4n) is 2.22. The quantitative estimate of drug-likeness (QED) is 0.697. The molecule has 2 aromatic heterocycles. The number of nitrogens with zero attached hydrogens (tertiary/aromatic N) is 4. The lowest BCUT2D eigenvalue weighted by Crippen LogP contribution is -2.27. The largest absolute Gasteiger partial charge is 0.459 e. The van der Waals surface area contributed by atoms with Crippen molar-refractivity contribution in [2.75, 3.05) is 11.9 Å². The van der Waals surface area contributed by atoms with Crippen LogP contribution in [0.2, 0.25) is 0 Å². The number of tetrazole rings is 1. The predicted octanol–water partition coefficient (Wildman–Crippen LogP) is 1.23. The topological polar surface area (TPSA) is 115 Å². The number of aryl methyl sites for hydroxylation is 1. The van der Waals surface area contributed by atoms with Gasteiger partial charge in [0.2, 0.25) is 5.91 Å². The second kappa shape index (κ2) is 7.39. The van der Waals surface area contributed by atoms with Crippen LogP contribution < -0.4 is 10.6 Å². The minimum absolute atomic E-state index is 0.141. The Bertz CT molecular complexity index is 872. The first-order valence-electron chi connectivity index (χ1n) is 7.58. The third kappa shape index (κ3) is 4.08. The van der Waals surface area contributed by atoms with E-state index in [1.807, 2.05) is 6.07 Å². The molecule has 2 amide bonds. The van der Waals surface area contributed by atoms with E-state index < -0.39 is 0 Å². The van der Waals surface area contributed by atoms with Gasteiger partial charge in [0.25, 0.3) is 5.91 Å². The molecular weight excluding hydrogens is 324 g/mol. The van der Waals surface area contributed by atoms with Crippen LogP contribution in [0.5, 0.6) is 0 Å². The van der Waals surface area contributed by atoms with Crippen LogP contribution in [0.25, 0.3) is 11.4 Å². The van der Waals surface area contributed by atoms with Crippen LogP contribution in [0, 0.1) is 0 Å². The zero-order valence-electron chi connectivity index (χ0n) is 13.5. The maximum absolute atomic E-state index is 12.0. The second-order valence-electron chi connectivity index (χ2n) is 5.24. The van der Waals surface area contributed by atoms with Crippen LogP contribution in [0.1, 0.15) is 17.0 Å². The highest BCUT2D eigenvalue weighted by Gasteiger charge is 2.10. The molecule has 0 radical (unpaired) electrons. The van der Waals surface area contributed by atoms with E-state index in [-0.39, 0.29) is 30.5 Å². The fourth-order valence-corrected chi connectivity index (χ4v) is 2.22. The molecule has 0 spiro atoms.